The van der Waals surface area contributed by atoms with Gasteiger partial charge in [-0.15, -0.1) is 0 Å². The minimum Gasteiger partial charge on any atom is -0.504 e. The Balaban J connectivity index is 1.94. The molecule has 0 aliphatic carbocycles. The van der Waals surface area contributed by atoms with E-state index in [1.54, 1.807) is 25.1 Å². The Morgan fingerprint density at radius 2 is 1.69 bits per heavy atom. The van der Waals surface area contributed by atoms with Crippen LogP contribution in [0.25, 0.3) is 11.1 Å². The lowest BCUT2D eigenvalue weighted by Gasteiger charge is -2.28. The van der Waals surface area contributed by atoms with Gasteiger partial charge in [-0.25, -0.2) is 0 Å². The van der Waals surface area contributed by atoms with Crippen LogP contribution in [0, 0.1) is 0 Å². The van der Waals surface area contributed by atoms with Gasteiger partial charge in [0.2, 0.25) is 5.91 Å². The zero-order chi connectivity index (χ0) is 21.0. The van der Waals surface area contributed by atoms with Crippen molar-refractivity contribution in [2.45, 2.75) is 32.3 Å². The number of aromatic hydroxyl groups is 2. The zero-order valence-corrected chi connectivity index (χ0v) is 16.5. The Hall–Kier alpha value is -3.31. The lowest BCUT2D eigenvalue weighted by Crippen LogP contribution is -2.37. The highest BCUT2D eigenvalue weighted by Crippen LogP contribution is 2.35. The van der Waals surface area contributed by atoms with E-state index in [4.69, 9.17) is 0 Å². The maximum atomic E-state index is 13.2. The van der Waals surface area contributed by atoms with Crippen molar-refractivity contribution in [3.05, 3.63) is 77.9 Å². The van der Waals surface area contributed by atoms with E-state index in [0.29, 0.717) is 17.7 Å². The smallest absolute Gasteiger partial charge is 0.234 e. The number of aliphatic hydroxyl groups is 1. The Bertz CT molecular complexity index is 1020. The molecule has 0 aliphatic heterocycles. The van der Waals surface area contributed by atoms with Gasteiger partial charge >= 0.3 is 0 Å². The molecule has 1 amide bonds. The summed E-state index contributed by atoms with van der Waals surface area (Å²) in [6, 6.07) is 19.5. The summed E-state index contributed by atoms with van der Waals surface area (Å²) in [5.41, 5.74) is 2.92. The Morgan fingerprint density at radius 1 is 0.966 bits per heavy atom. The van der Waals surface area contributed by atoms with Crippen LogP contribution in [-0.2, 0) is 16.8 Å². The van der Waals surface area contributed by atoms with Crippen LogP contribution >= 0.6 is 0 Å². The maximum absolute atomic E-state index is 13.2. The second-order valence-corrected chi connectivity index (χ2v) is 7.24. The van der Waals surface area contributed by atoms with E-state index >= 15 is 0 Å². The molecule has 0 aromatic heterocycles. The predicted octanol–water partition coefficient (Wildman–Crippen LogP) is 4.56. The van der Waals surface area contributed by atoms with Gasteiger partial charge in [0.1, 0.15) is 0 Å². The fraction of sp³-hybridized carbons (Fsp3) is 0.208. The largest absolute Gasteiger partial charge is 0.504 e. The molecule has 3 rings (SSSR count). The number of rotatable bonds is 6. The highest BCUT2D eigenvalue weighted by molar-refractivity contribution is 5.99. The lowest BCUT2D eigenvalue weighted by molar-refractivity contribution is -0.121. The summed E-state index contributed by atoms with van der Waals surface area (Å²) in [4.78, 5) is 13.2. The molecule has 0 fully saturated rings. The van der Waals surface area contributed by atoms with Gasteiger partial charge < -0.3 is 20.6 Å². The normalized spacial score (nSPS) is 12.9. The quantitative estimate of drug-likeness (QED) is 0.464. The fourth-order valence-corrected chi connectivity index (χ4v) is 3.31. The van der Waals surface area contributed by atoms with Crippen LogP contribution in [0.15, 0.2) is 66.7 Å². The van der Waals surface area contributed by atoms with Crippen LogP contribution in [-0.4, -0.2) is 21.2 Å². The average Bonchev–Trinajstić information content (AvgIpc) is 2.75. The summed E-state index contributed by atoms with van der Waals surface area (Å²) in [5.74, 6) is -0.700. The molecule has 150 valence electrons. The van der Waals surface area contributed by atoms with Crippen molar-refractivity contribution in [2.75, 3.05) is 5.32 Å². The van der Waals surface area contributed by atoms with E-state index in [1.807, 2.05) is 43.3 Å². The summed E-state index contributed by atoms with van der Waals surface area (Å²) in [5, 5.41) is 32.1. The molecular formula is C24H25NO4. The highest BCUT2D eigenvalue weighted by Gasteiger charge is 2.34. The lowest BCUT2D eigenvalue weighted by atomic mass is 9.79. The average molecular weight is 391 g/mol. The van der Waals surface area contributed by atoms with Crippen molar-refractivity contribution in [3.63, 3.8) is 0 Å². The number of carbonyl (C=O) groups excluding carboxylic acids is 1. The second-order valence-electron chi connectivity index (χ2n) is 7.24. The number of phenols is 2. The number of aliphatic hydroxyl groups excluding tert-OH is 1. The Kier molecular flexibility index (Phi) is 5.89. The van der Waals surface area contributed by atoms with Gasteiger partial charge in [0.25, 0.3) is 0 Å². The summed E-state index contributed by atoms with van der Waals surface area (Å²) in [6.07, 6.45) is 0.503. The number of benzene rings is 3. The van der Waals surface area contributed by atoms with Crippen molar-refractivity contribution in [1.82, 2.24) is 0 Å². The monoisotopic (exact) mass is 391 g/mol. The number of hydrogen-bond acceptors (Lipinski definition) is 4. The first-order chi connectivity index (χ1) is 13.9. The third kappa shape index (κ3) is 4.10. The first-order valence-corrected chi connectivity index (χ1v) is 9.52. The predicted molar refractivity (Wildman–Crippen MR) is 114 cm³/mol. The number of phenolic OH excluding ortho intramolecular Hbond substituents is 2. The van der Waals surface area contributed by atoms with Gasteiger partial charge in [-0.1, -0.05) is 49.4 Å². The second kappa shape index (κ2) is 8.37. The topological polar surface area (TPSA) is 89.8 Å². The van der Waals surface area contributed by atoms with Crippen molar-refractivity contribution in [1.29, 1.82) is 0 Å². The van der Waals surface area contributed by atoms with E-state index in [9.17, 15) is 20.1 Å². The van der Waals surface area contributed by atoms with E-state index in [1.165, 1.54) is 12.1 Å². The van der Waals surface area contributed by atoms with Crippen LogP contribution in [0.5, 0.6) is 11.5 Å². The van der Waals surface area contributed by atoms with E-state index in [2.05, 4.69) is 5.32 Å². The van der Waals surface area contributed by atoms with Gasteiger partial charge in [0.05, 0.1) is 12.0 Å². The molecule has 4 N–H and O–H groups in total. The minimum absolute atomic E-state index is 0.0993. The Morgan fingerprint density at radius 3 is 2.31 bits per heavy atom. The van der Waals surface area contributed by atoms with Crippen molar-refractivity contribution < 1.29 is 20.1 Å². The fourth-order valence-electron chi connectivity index (χ4n) is 3.31. The standard InChI is InChI=1S/C24H25NO4/c1-3-24(2,18-10-12-21(27)22(28)13-18)23(29)25-19-11-9-17(15-26)20(14-19)16-7-5-4-6-8-16/h4-14,26-28H,3,15H2,1-2H3,(H,25,29). The van der Waals surface area contributed by atoms with E-state index in [-0.39, 0.29) is 24.0 Å². The number of amides is 1. The molecule has 0 saturated carbocycles. The summed E-state index contributed by atoms with van der Waals surface area (Å²) >= 11 is 0. The Labute approximate surface area is 170 Å². The summed E-state index contributed by atoms with van der Waals surface area (Å²) in [6.45, 7) is 3.60. The third-order valence-electron chi connectivity index (χ3n) is 5.44. The summed E-state index contributed by atoms with van der Waals surface area (Å²) < 4.78 is 0. The third-order valence-corrected chi connectivity index (χ3v) is 5.44. The molecule has 0 bridgehead atoms. The molecule has 0 radical (unpaired) electrons. The van der Waals surface area contributed by atoms with Gasteiger partial charge in [-0.3, -0.25) is 4.79 Å². The first kappa shape index (κ1) is 20.4. The molecule has 1 atom stereocenters. The van der Waals surface area contributed by atoms with Crippen LogP contribution in [0.2, 0.25) is 0 Å². The molecule has 1 unspecified atom stereocenters. The maximum Gasteiger partial charge on any atom is 0.234 e. The number of nitrogens with one attached hydrogen (secondary N) is 1. The molecule has 3 aromatic rings. The molecule has 5 nitrogen and oxygen atoms in total. The van der Waals surface area contributed by atoms with Crippen molar-refractivity contribution in [2.24, 2.45) is 0 Å². The van der Waals surface area contributed by atoms with E-state index < -0.39 is 5.41 Å². The van der Waals surface area contributed by atoms with Crippen LogP contribution in [0.3, 0.4) is 0 Å². The van der Waals surface area contributed by atoms with Crippen LogP contribution < -0.4 is 5.32 Å². The molecule has 3 aromatic carbocycles. The molecule has 0 saturated heterocycles. The van der Waals surface area contributed by atoms with Crippen LogP contribution in [0.4, 0.5) is 5.69 Å². The van der Waals surface area contributed by atoms with Crippen molar-refractivity contribution in [3.8, 4) is 22.6 Å². The van der Waals surface area contributed by atoms with Gasteiger partial charge in [-0.2, -0.15) is 0 Å². The van der Waals surface area contributed by atoms with Crippen molar-refractivity contribution >= 4 is 11.6 Å². The van der Waals surface area contributed by atoms with E-state index in [0.717, 1.165) is 16.7 Å². The number of carbonyl (C=O) groups is 1. The molecule has 0 aliphatic rings. The molecular weight excluding hydrogens is 366 g/mol. The van der Waals surface area contributed by atoms with Crippen LogP contribution in [0.1, 0.15) is 31.4 Å². The first-order valence-electron chi connectivity index (χ1n) is 9.52. The number of hydrogen-bond donors (Lipinski definition) is 4. The van der Waals surface area contributed by atoms with Gasteiger partial charge in [0.15, 0.2) is 11.5 Å². The minimum atomic E-state index is -0.895. The molecule has 0 spiro atoms. The van der Waals surface area contributed by atoms with Gasteiger partial charge in [-0.05, 0) is 59.9 Å². The molecule has 5 heteroatoms. The SMILES string of the molecule is CCC(C)(C(=O)Nc1ccc(CO)c(-c2ccccc2)c1)c1ccc(O)c(O)c1. The highest BCUT2D eigenvalue weighted by atomic mass is 16.3. The molecule has 0 heterocycles. The molecule has 29 heavy (non-hydrogen) atoms. The summed E-state index contributed by atoms with van der Waals surface area (Å²) in [7, 11) is 0. The van der Waals surface area contributed by atoms with Gasteiger partial charge in [0, 0.05) is 5.69 Å². The number of anilines is 1. The zero-order valence-electron chi connectivity index (χ0n) is 16.5.